The molecule has 0 radical (unpaired) electrons. The van der Waals surface area contributed by atoms with Crippen LogP contribution in [-0.2, 0) is 6.61 Å². The zero-order valence-corrected chi connectivity index (χ0v) is 14.6. The van der Waals surface area contributed by atoms with Gasteiger partial charge in [-0.2, -0.15) is 5.10 Å². The average molecular weight is 344 g/mol. The Morgan fingerprint density at radius 1 is 1.00 bits per heavy atom. The standard InChI is InChI=1S/C22H20N2O2/c1-17-8-7-11-19(14-17)15-23-24-22(25)20-12-5-6-13-21(20)26-16-18-9-3-2-4-10-18/h2-15H,16H2,1H3,(H,24,25)/b23-15+. The average Bonchev–Trinajstić information content (AvgIpc) is 2.67. The summed E-state index contributed by atoms with van der Waals surface area (Å²) >= 11 is 0. The molecule has 1 N–H and O–H groups in total. The quantitative estimate of drug-likeness (QED) is 0.534. The van der Waals surface area contributed by atoms with Gasteiger partial charge in [-0.25, -0.2) is 5.43 Å². The lowest BCUT2D eigenvalue weighted by Gasteiger charge is -2.10. The molecule has 0 fully saturated rings. The highest BCUT2D eigenvalue weighted by Gasteiger charge is 2.11. The Labute approximate surface area is 153 Å². The second-order valence-electron chi connectivity index (χ2n) is 5.88. The summed E-state index contributed by atoms with van der Waals surface area (Å²) < 4.78 is 5.81. The van der Waals surface area contributed by atoms with Crippen LogP contribution in [0.15, 0.2) is 84.0 Å². The molecule has 0 aliphatic rings. The van der Waals surface area contributed by atoms with E-state index in [0.717, 1.165) is 16.7 Å². The molecule has 0 spiro atoms. The molecule has 3 rings (SSSR count). The summed E-state index contributed by atoms with van der Waals surface area (Å²) in [5, 5.41) is 4.04. The van der Waals surface area contributed by atoms with Gasteiger partial charge in [-0.1, -0.05) is 72.3 Å². The first-order valence-electron chi connectivity index (χ1n) is 8.38. The molecule has 0 atom stereocenters. The predicted molar refractivity (Wildman–Crippen MR) is 103 cm³/mol. The first kappa shape index (κ1) is 17.4. The second-order valence-corrected chi connectivity index (χ2v) is 5.88. The molecule has 0 saturated heterocycles. The molecule has 0 bridgehead atoms. The number of ether oxygens (including phenoxy) is 1. The Morgan fingerprint density at radius 3 is 2.58 bits per heavy atom. The lowest BCUT2D eigenvalue weighted by molar-refractivity contribution is 0.0950. The van der Waals surface area contributed by atoms with E-state index in [-0.39, 0.29) is 5.91 Å². The highest BCUT2D eigenvalue weighted by molar-refractivity contribution is 5.97. The van der Waals surface area contributed by atoms with E-state index in [1.807, 2.05) is 67.6 Å². The summed E-state index contributed by atoms with van der Waals surface area (Å²) in [4.78, 5) is 12.4. The van der Waals surface area contributed by atoms with Crippen molar-refractivity contribution in [1.82, 2.24) is 5.43 Å². The molecule has 130 valence electrons. The minimum Gasteiger partial charge on any atom is -0.488 e. The van der Waals surface area contributed by atoms with Crippen LogP contribution in [0.2, 0.25) is 0 Å². The number of carbonyl (C=O) groups excluding carboxylic acids is 1. The van der Waals surface area contributed by atoms with Gasteiger partial charge < -0.3 is 4.74 Å². The van der Waals surface area contributed by atoms with Gasteiger partial charge >= 0.3 is 0 Å². The van der Waals surface area contributed by atoms with Crippen molar-refractivity contribution in [2.75, 3.05) is 0 Å². The van der Waals surface area contributed by atoms with Crippen LogP contribution in [-0.4, -0.2) is 12.1 Å². The Bertz CT molecular complexity index is 905. The summed E-state index contributed by atoms with van der Waals surface area (Å²) in [6.07, 6.45) is 1.62. The van der Waals surface area contributed by atoms with Gasteiger partial charge in [0, 0.05) is 0 Å². The predicted octanol–water partition coefficient (Wildman–Crippen LogP) is 4.34. The van der Waals surface area contributed by atoms with Gasteiger partial charge in [0.25, 0.3) is 5.91 Å². The van der Waals surface area contributed by atoms with Crippen LogP contribution in [0.1, 0.15) is 27.0 Å². The largest absolute Gasteiger partial charge is 0.488 e. The van der Waals surface area contributed by atoms with E-state index in [2.05, 4.69) is 10.5 Å². The summed E-state index contributed by atoms with van der Waals surface area (Å²) in [5.41, 5.74) is 6.12. The highest BCUT2D eigenvalue weighted by atomic mass is 16.5. The van der Waals surface area contributed by atoms with Gasteiger partial charge in [-0.05, 0) is 30.2 Å². The van der Waals surface area contributed by atoms with E-state index in [1.54, 1.807) is 24.4 Å². The smallest absolute Gasteiger partial charge is 0.275 e. The van der Waals surface area contributed by atoms with E-state index in [0.29, 0.717) is 17.9 Å². The van der Waals surface area contributed by atoms with Gasteiger partial charge in [-0.15, -0.1) is 0 Å². The molecular weight excluding hydrogens is 324 g/mol. The van der Waals surface area contributed by atoms with Crippen LogP contribution in [0.4, 0.5) is 0 Å². The number of carbonyl (C=O) groups is 1. The molecular formula is C22H20N2O2. The number of benzene rings is 3. The van der Waals surface area contributed by atoms with Gasteiger partial charge in [0.05, 0.1) is 11.8 Å². The van der Waals surface area contributed by atoms with Gasteiger partial charge in [0.15, 0.2) is 0 Å². The van der Waals surface area contributed by atoms with E-state index >= 15 is 0 Å². The van der Waals surface area contributed by atoms with Crippen molar-refractivity contribution in [3.05, 3.63) is 101 Å². The third-order valence-electron chi connectivity index (χ3n) is 3.79. The van der Waals surface area contributed by atoms with Crippen LogP contribution in [0.5, 0.6) is 5.75 Å². The van der Waals surface area contributed by atoms with E-state index in [4.69, 9.17) is 4.74 Å². The van der Waals surface area contributed by atoms with Crippen LogP contribution >= 0.6 is 0 Å². The zero-order valence-electron chi connectivity index (χ0n) is 14.6. The topological polar surface area (TPSA) is 50.7 Å². The molecule has 0 aromatic heterocycles. The maximum Gasteiger partial charge on any atom is 0.275 e. The zero-order chi connectivity index (χ0) is 18.2. The van der Waals surface area contributed by atoms with Crippen molar-refractivity contribution in [3.63, 3.8) is 0 Å². The van der Waals surface area contributed by atoms with E-state index in [1.165, 1.54) is 0 Å². The maximum atomic E-state index is 12.4. The minimum atomic E-state index is -0.308. The maximum absolute atomic E-state index is 12.4. The first-order valence-corrected chi connectivity index (χ1v) is 8.38. The first-order chi connectivity index (χ1) is 12.7. The summed E-state index contributed by atoms with van der Waals surface area (Å²) in [7, 11) is 0. The molecule has 0 aliphatic heterocycles. The molecule has 1 amide bonds. The van der Waals surface area contributed by atoms with Gasteiger partial charge in [0.2, 0.25) is 0 Å². The van der Waals surface area contributed by atoms with Crippen molar-refractivity contribution in [1.29, 1.82) is 0 Å². The molecule has 0 aliphatic carbocycles. The number of nitrogens with zero attached hydrogens (tertiary/aromatic N) is 1. The van der Waals surface area contributed by atoms with Crippen molar-refractivity contribution in [2.45, 2.75) is 13.5 Å². The highest BCUT2D eigenvalue weighted by Crippen LogP contribution is 2.19. The summed E-state index contributed by atoms with van der Waals surface area (Å²) in [6.45, 7) is 2.41. The fourth-order valence-corrected chi connectivity index (χ4v) is 2.49. The molecule has 3 aromatic rings. The number of para-hydroxylation sites is 1. The molecule has 26 heavy (non-hydrogen) atoms. The summed E-state index contributed by atoms with van der Waals surface area (Å²) in [5.74, 6) is 0.220. The Morgan fingerprint density at radius 2 is 1.77 bits per heavy atom. The van der Waals surface area contributed by atoms with Crippen molar-refractivity contribution in [3.8, 4) is 5.75 Å². The number of hydrogen-bond donors (Lipinski definition) is 1. The summed E-state index contributed by atoms with van der Waals surface area (Å²) in [6, 6.07) is 24.9. The molecule has 0 saturated carbocycles. The number of amides is 1. The Hall–Kier alpha value is -3.40. The SMILES string of the molecule is Cc1cccc(/C=N/NC(=O)c2ccccc2OCc2ccccc2)c1. The van der Waals surface area contributed by atoms with E-state index < -0.39 is 0 Å². The Kier molecular flexibility index (Phi) is 5.78. The third kappa shape index (κ3) is 4.80. The van der Waals surface area contributed by atoms with Crippen LogP contribution in [0.3, 0.4) is 0 Å². The minimum absolute atomic E-state index is 0.308. The molecule has 3 aromatic carbocycles. The number of hydrazone groups is 1. The lowest BCUT2D eigenvalue weighted by Crippen LogP contribution is -2.18. The molecule has 0 heterocycles. The normalized spacial score (nSPS) is 10.7. The fraction of sp³-hybridized carbons (Fsp3) is 0.0909. The number of aryl methyl sites for hydroxylation is 1. The Balaban J connectivity index is 1.65. The van der Waals surface area contributed by atoms with Gasteiger partial charge in [0.1, 0.15) is 12.4 Å². The van der Waals surface area contributed by atoms with E-state index in [9.17, 15) is 4.79 Å². The third-order valence-corrected chi connectivity index (χ3v) is 3.79. The number of nitrogens with one attached hydrogen (secondary N) is 1. The van der Waals surface area contributed by atoms with Crippen molar-refractivity contribution >= 4 is 12.1 Å². The number of hydrogen-bond acceptors (Lipinski definition) is 3. The van der Waals surface area contributed by atoms with Gasteiger partial charge in [-0.3, -0.25) is 4.79 Å². The molecule has 0 unspecified atom stereocenters. The van der Waals surface area contributed by atoms with Crippen molar-refractivity contribution < 1.29 is 9.53 Å². The molecule has 4 nitrogen and oxygen atoms in total. The monoisotopic (exact) mass is 344 g/mol. The fourth-order valence-electron chi connectivity index (χ4n) is 2.49. The van der Waals surface area contributed by atoms with Crippen LogP contribution in [0.25, 0.3) is 0 Å². The van der Waals surface area contributed by atoms with Crippen LogP contribution < -0.4 is 10.2 Å². The van der Waals surface area contributed by atoms with Crippen LogP contribution in [0, 0.1) is 6.92 Å². The van der Waals surface area contributed by atoms with Crippen molar-refractivity contribution in [2.24, 2.45) is 5.10 Å². The molecule has 4 heteroatoms. The number of rotatable bonds is 6. The second kappa shape index (κ2) is 8.62. The lowest BCUT2D eigenvalue weighted by atomic mass is 10.2.